The Hall–Kier alpha value is -3.52. The minimum atomic E-state index is -4.03. The van der Waals surface area contributed by atoms with Gasteiger partial charge in [-0.15, -0.1) is 0 Å². The van der Waals surface area contributed by atoms with Gasteiger partial charge >= 0.3 is 0 Å². The average Bonchev–Trinajstić information content (AvgIpc) is 3.35. The molecule has 0 saturated carbocycles. The van der Waals surface area contributed by atoms with Crippen LogP contribution in [0.1, 0.15) is 36.1 Å². The number of rotatable bonds is 9. The van der Waals surface area contributed by atoms with Gasteiger partial charge in [0.1, 0.15) is 6.54 Å². The van der Waals surface area contributed by atoms with Gasteiger partial charge in [0.2, 0.25) is 5.91 Å². The highest BCUT2D eigenvalue weighted by atomic mass is 32.2. The van der Waals surface area contributed by atoms with Gasteiger partial charge in [0.15, 0.2) is 11.5 Å². The Bertz CT molecular complexity index is 1310. The number of methoxy groups -OCH3 is 2. The summed E-state index contributed by atoms with van der Waals surface area (Å²) in [6, 6.07) is 18.8. The van der Waals surface area contributed by atoms with Crippen LogP contribution in [-0.2, 0) is 27.7 Å². The lowest BCUT2D eigenvalue weighted by Gasteiger charge is -2.26. The van der Waals surface area contributed by atoms with Crippen LogP contribution in [0.3, 0.4) is 0 Å². The van der Waals surface area contributed by atoms with E-state index in [2.05, 4.69) is 17.4 Å². The molecule has 3 aromatic carbocycles. The number of nitrogens with one attached hydrogen (secondary N) is 1. The molecule has 0 radical (unpaired) electrons. The van der Waals surface area contributed by atoms with E-state index in [0.29, 0.717) is 17.2 Å². The standard InChI is InChI=1S/C27H30N2O5S/c1-19(21-13-12-20-8-7-9-22(20)16-21)28-27(30)18-29(35(31,32)24-10-5-4-6-11-24)23-14-15-25(33-2)26(17-23)34-3/h4-6,10-17,19H,7-9,18H2,1-3H3,(H,28,30). The number of nitrogens with zero attached hydrogens (tertiary/aromatic N) is 1. The van der Waals surface area contributed by atoms with E-state index in [9.17, 15) is 13.2 Å². The molecule has 3 aromatic rings. The van der Waals surface area contributed by atoms with E-state index >= 15 is 0 Å². The van der Waals surface area contributed by atoms with E-state index in [-0.39, 0.29) is 17.5 Å². The van der Waals surface area contributed by atoms with Crippen LogP contribution in [0, 0.1) is 0 Å². The normalized spacial score (nSPS) is 13.6. The quantitative estimate of drug-likeness (QED) is 0.480. The van der Waals surface area contributed by atoms with Crippen molar-refractivity contribution in [1.82, 2.24) is 5.32 Å². The van der Waals surface area contributed by atoms with E-state index in [1.165, 1.54) is 37.5 Å². The predicted molar refractivity (Wildman–Crippen MR) is 136 cm³/mol. The van der Waals surface area contributed by atoms with E-state index < -0.39 is 15.9 Å². The topological polar surface area (TPSA) is 84.9 Å². The molecule has 1 unspecified atom stereocenters. The third-order valence-electron chi connectivity index (χ3n) is 6.27. The maximum absolute atomic E-state index is 13.6. The Morgan fingerprint density at radius 2 is 1.66 bits per heavy atom. The summed E-state index contributed by atoms with van der Waals surface area (Å²) in [5, 5.41) is 2.96. The molecule has 1 amide bonds. The molecule has 1 aliphatic carbocycles. The number of carbonyl (C=O) groups is 1. The summed E-state index contributed by atoms with van der Waals surface area (Å²) >= 11 is 0. The zero-order valence-corrected chi connectivity index (χ0v) is 21.0. The summed E-state index contributed by atoms with van der Waals surface area (Å²) < 4.78 is 38.9. The molecule has 0 fully saturated rings. The van der Waals surface area contributed by atoms with Crippen molar-refractivity contribution < 1.29 is 22.7 Å². The fraction of sp³-hybridized carbons (Fsp3) is 0.296. The molecule has 0 aliphatic heterocycles. The summed E-state index contributed by atoms with van der Waals surface area (Å²) in [6.45, 7) is 1.52. The van der Waals surface area contributed by atoms with E-state index in [0.717, 1.165) is 29.1 Å². The first kappa shape index (κ1) is 24.6. The first-order valence-electron chi connectivity index (χ1n) is 11.5. The van der Waals surface area contributed by atoms with E-state index in [4.69, 9.17) is 9.47 Å². The van der Waals surface area contributed by atoms with Crippen molar-refractivity contribution in [2.24, 2.45) is 0 Å². The third-order valence-corrected chi connectivity index (χ3v) is 8.06. The number of ether oxygens (including phenoxy) is 2. The number of anilines is 1. The van der Waals surface area contributed by atoms with Crippen LogP contribution in [0.4, 0.5) is 5.69 Å². The Kier molecular flexibility index (Phi) is 7.31. The minimum Gasteiger partial charge on any atom is -0.493 e. The van der Waals surface area contributed by atoms with Gasteiger partial charge in [-0.25, -0.2) is 8.42 Å². The van der Waals surface area contributed by atoms with Crippen molar-refractivity contribution in [3.05, 3.63) is 83.4 Å². The van der Waals surface area contributed by atoms with Gasteiger partial charge in [-0.3, -0.25) is 9.10 Å². The van der Waals surface area contributed by atoms with Crippen molar-refractivity contribution in [2.75, 3.05) is 25.1 Å². The van der Waals surface area contributed by atoms with Crippen LogP contribution in [-0.4, -0.2) is 35.1 Å². The maximum Gasteiger partial charge on any atom is 0.264 e. The SMILES string of the molecule is COc1ccc(N(CC(=O)NC(C)c2ccc3c(c2)CCC3)S(=O)(=O)c2ccccc2)cc1OC. The van der Waals surface area contributed by atoms with Gasteiger partial charge in [0, 0.05) is 6.07 Å². The summed E-state index contributed by atoms with van der Waals surface area (Å²) in [5.74, 6) is 0.417. The van der Waals surface area contributed by atoms with Crippen LogP contribution >= 0.6 is 0 Å². The number of aryl methyl sites for hydroxylation is 2. The van der Waals surface area contributed by atoms with E-state index in [1.54, 1.807) is 36.4 Å². The average molecular weight is 495 g/mol. The number of hydrogen-bond donors (Lipinski definition) is 1. The Balaban J connectivity index is 1.62. The Labute approximate surface area is 206 Å². The van der Waals surface area contributed by atoms with Gasteiger partial charge in [-0.2, -0.15) is 0 Å². The van der Waals surface area contributed by atoms with Gasteiger partial charge in [0.05, 0.1) is 30.8 Å². The van der Waals surface area contributed by atoms with Crippen molar-refractivity contribution in [3.8, 4) is 11.5 Å². The van der Waals surface area contributed by atoms with Gasteiger partial charge in [0.25, 0.3) is 10.0 Å². The molecule has 8 heteroatoms. The number of benzene rings is 3. The monoisotopic (exact) mass is 494 g/mol. The van der Waals surface area contributed by atoms with Gasteiger partial charge in [-0.1, -0.05) is 36.4 Å². The number of carbonyl (C=O) groups excluding carboxylic acids is 1. The van der Waals surface area contributed by atoms with Gasteiger partial charge < -0.3 is 14.8 Å². The highest BCUT2D eigenvalue weighted by Crippen LogP contribution is 2.34. The van der Waals surface area contributed by atoms with Crippen LogP contribution in [0.2, 0.25) is 0 Å². The van der Waals surface area contributed by atoms with Crippen molar-refractivity contribution >= 4 is 21.6 Å². The number of amides is 1. The molecule has 1 N–H and O–H groups in total. The second-order valence-electron chi connectivity index (χ2n) is 8.53. The summed E-state index contributed by atoms with van der Waals surface area (Å²) in [5.41, 5.74) is 3.98. The Morgan fingerprint density at radius 3 is 2.37 bits per heavy atom. The molecule has 0 bridgehead atoms. The number of sulfonamides is 1. The molecular weight excluding hydrogens is 464 g/mol. The first-order chi connectivity index (χ1) is 16.8. The van der Waals surface area contributed by atoms with Crippen LogP contribution in [0.15, 0.2) is 71.6 Å². The second-order valence-corrected chi connectivity index (χ2v) is 10.4. The zero-order chi connectivity index (χ0) is 25.0. The molecule has 0 heterocycles. The van der Waals surface area contributed by atoms with E-state index in [1.807, 2.05) is 13.0 Å². The maximum atomic E-state index is 13.6. The van der Waals surface area contributed by atoms with Crippen molar-refractivity contribution in [3.63, 3.8) is 0 Å². The number of hydrogen-bond acceptors (Lipinski definition) is 5. The molecule has 4 rings (SSSR count). The molecule has 7 nitrogen and oxygen atoms in total. The minimum absolute atomic E-state index is 0.0919. The molecule has 1 aliphatic rings. The zero-order valence-electron chi connectivity index (χ0n) is 20.2. The third kappa shape index (κ3) is 5.27. The number of fused-ring (bicyclic) bond motifs is 1. The predicted octanol–water partition coefficient (Wildman–Crippen LogP) is 4.27. The second kappa shape index (κ2) is 10.4. The molecule has 0 saturated heterocycles. The molecule has 0 spiro atoms. The molecule has 0 aromatic heterocycles. The van der Waals surface area contributed by atoms with Gasteiger partial charge in [-0.05, 0) is 67.1 Å². The smallest absolute Gasteiger partial charge is 0.264 e. The highest BCUT2D eigenvalue weighted by molar-refractivity contribution is 7.92. The lowest BCUT2D eigenvalue weighted by Crippen LogP contribution is -2.41. The fourth-order valence-electron chi connectivity index (χ4n) is 4.38. The fourth-order valence-corrected chi connectivity index (χ4v) is 5.81. The summed E-state index contributed by atoms with van der Waals surface area (Å²) in [4.78, 5) is 13.2. The van der Waals surface area contributed by atoms with Crippen molar-refractivity contribution in [1.29, 1.82) is 0 Å². The van der Waals surface area contributed by atoms with Crippen LogP contribution in [0.5, 0.6) is 11.5 Å². The van der Waals surface area contributed by atoms with Crippen molar-refractivity contribution in [2.45, 2.75) is 37.1 Å². The molecule has 184 valence electrons. The molecule has 1 atom stereocenters. The largest absolute Gasteiger partial charge is 0.493 e. The van der Waals surface area contributed by atoms with Crippen LogP contribution < -0.4 is 19.1 Å². The molecular formula is C27H30N2O5S. The first-order valence-corrected chi connectivity index (χ1v) is 13.0. The summed E-state index contributed by atoms with van der Waals surface area (Å²) in [6.07, 6.45) is 3.29. The lowest BCUT2D eigenvalue weighted by atomic mass is 10.0. The van der Waals surface area contributed by atoms with Crippen LogP contribution in [0.25, 0.3) is 0 Å². The lowest BCUT2D eigenvalue weighted by molar-refractivity contribution is -0.120. The Morgan fingerprint density at radius 1 is 0.943 bits per heavy atom. The summed E-state index contributed by atoms with van der Waals surface area (Å²) in [7, 11) is -1.05. The molecule has 35 heavy (non-hydrogen) atoms. The highest BCUT2D eigenvalue weighted by Gasteiger charge is 2.28.